The Morgan fingerprint density at radius 3 is 2.42 bits per heavy atom. The fourth-order valence-electron chi connectivity index (χ4n) is 9.04. The number of fused-ring (bicyclic) bond motifs is 2. The molecule has 4 aromatic rings. The van der Waals surface area contributed by atoms with E-state index in [9.17, 15) is 32.4 Å². The van der Waals surface area contributed by atoms with E-state index >= 15 is 0 Å². The second kappa shape index (κ2) is 17.7. The summed E-state index contributed by atoms with van der Waals surface area (Å²) in [6.45, 7) is 5.80. The van der Waals surface area contributed by atoms with Gasteiger partial charge in [0.1, 0.15) is 16.8 Å². The summed E-state index contributed by atoms with van der Waals surface area (Å²) in [6.07, 6.45) is 6.49. The van der Waals surface area contributed by atoms with Crippen LogP contribution in [0.25, 0.3) is 22.0 Å². The number of sulfonamides is 1. The number of unbranched alkanes of at least 4 members (excludes halogenated alkanes) is 2. The van der Waals surface area contributed by atoms with E-state index in [4.69, 9.17) is 22.7 Å². The summed E-state index contributed by atoms with van der Waals surface area (Å²) in [6, 6.07) is 17.5. The number of ether oxygens (including phenoxy) is 1. The first kappa shape index (κ1) is 43.2. The molecule has 0 radical (unpaired) electrons. The van der Waals surface area contributed by atoms with Gasteiger partial charge in [0.15, 0.2) is 0 Å². The molecular weight excluding hydrogens is 831 g/mol. The molecule has 4 aliphatic rings. The van der Waals surface area contributed by atoms with Gasteiger partial charge in [-0.25, -0.2) is 12.7 Å². The van der Waals surface area contributed by atoms with Crippen LogP contribution in [0, 0.1) is 0 Å². The highest BCUT2D eigenvalue weighted by Gasteiger charge is 2.46. The molecule has 0 saturated carbocycles. The van der Waals surface area contributed by atoms with Crippen LogP contribution in [0.5, 0.6) is 5.75 Å². The van der Waals surface area contributed by atoms with Gasteiger partial charge in [0, 0.05) is 60.5 Å². The van der Waals surface area contributed by atoms with E-state index in [1.165, 1.54) is 6.07 Å². The Labute approximate surface area is 366 Å². The lowest BCUT2D eigenvalue weighted by Crippen LogP contribution is -2.54. The highest BCUT2D eigenvalue weighted by molar-refractivity contribution is 7.89. The zero-order valence-corrected chi connectivity index (χ0v) is 36.4. The SMILES string of the molecule is CC(C)S(=O)(=O)N1CCC(n2cc(-c3cccc(C(N)=S)c3)c3ccc(N4CCC(NCCCCCOc5cccc6c5C(=O)N(C5CCC(=O)NC5=O)C6=O)C4=O)cc32)CC1. The van der Waals surface area contributed by atoms with Gasteiger partial charge < -0.3 is 25.3 Å². The van der Waals surface area contributed by atoms with E-state index in [-0.39, 0.29) is 47.7 Å². The largest absolute Gasteiger partial charge is 0.493 e. The molecule has 326 valence electrons. The van der Waals surface area contributed by atoms with Crippen LogP contribution in [-0.2, 0) is 24.4 Å². The number of aromatic nitrogens is 1. The summed E-state index contributed by atoms with van der Waals surface area (Å²) in [5, 5.41) is 6.18. The van der Waals surface area contributed by atoms with Crippen LogP contribution in [0.2, 0.25) is 0 Å². The molecule has 0 aliphatic carbocycles. The number of hydrogen-bond acceptors (Lipinski definition) is 10. The average molecular weight is 882 g/mol. The van der Waals surface area contributed by atoms with Crippen molar-refractivity contribution in [2.45, 2.75) is 88.6 Å². The third-order valence-electron chi connectivity index (χ3n) is 12.5. The molecule has 2 unspecified atom stereocenters. The predicted molar refractivity (Wildman–Crippen MR) is 238 cm³/mol. The zero-order valence-electron chi connectivity index (χ0n) is 34.8. The number of hydrogen-bond donors (Lipinski definition) is 3. The fraction of sp³-hybridized carbons (Fsp3) is 0.422. The number of nitrogens with one attached hydrogen (secondary N) is 2. The lowest BCUT2D eigenvalue weighted by Gasteiger charge is -2.33. The maximum absolute atomic E-state index is 13.8. The number of amides is 5. The lowest BCUT2D eigenvalue weighted by molar-refractivity contribution is -0.136. The quantitative estimate of drug-likeness (QED) is 0.0855. The van der Waals surface area contributed by atoms with E-state index < -0.39 is 44.9 Å². The van der Waals surface area contributed by atoms with E-state index in [0.29, 0.717) is 63.5 Å². The monoisotopic (exact) mass is 881 g/mol. The third-order valence-corrected chi connectivity index (χ3v) is 15.0. The van der Waals surface area contributed by atoms with Gasteiger partial charge in [0.25, 0.3) is 11.8 Å². The zero-order chi connectivity index (χ0) is 43.9. The van der Waals surface area contributed by atoms with Crippen molar-refractivity contribution in [3.05, 3.63) is 83.6 Å². The molecule has 5 heterocycles. The number of nitrogens with zero attached hydrogens (tertiary/aromatic N) is 4. The Morgan fingerprint density at radius 2 is 1.68 bits per heavy atom. The summed E-state index contributed by atoms with van der Waals surface area (Å²) in [5.41, 5.74) is 10.8. The number of rotatable bonds is 15. The van der Waals surface area contributed by atoms with Gasteiger partial charge in [-0.2, -0.15) is 0 Å². The molecule has 8 rings (SSSR count). The van der Waals surface area contributed by atoms with Crippen LogP contribution >= 0.6 is 12.2 Å². The van der Waals surface area contributed by atoms with Crippen molar-refractivity contribution in [3.63, 3.8) is 0 Å². The molecule has 3 aromatic carbocycles. The van der Waals surface area contributed by atoms with Crippen LogP contribution in [0.3, 0.4) is 0 Å². The average Bonchev–Trinajstić information content (AvgIpc) is 3.91. The van der Waals surface area contributed by atoms with Crippen LogP contribution in [0.4, 0.5) is 5.69 Å². The maximum Gasteiger partial charge on any atom is 0.266 e. The van der Waals surface area contributed by atoms with Crippen LogP contribution < -0.4 is 26.0 Å². The van der Waals surface area contributed by atoms with Crippen molar-refractivity contribution in [2.75, 3.05) is 37.7 Å². The van der Waals surface area contributed by atoms with Gasteiger partial charge in [-0.05, 0) is 101 Å². The fourth-order valence-corrected chi connectivity index (χ4v) is 10.5. The minimum Gasteiger partial charge on any atom is -0.493 e. The molecule has 2 atom stereocenters. The van der Waals surface area contributed by atoms with Crippen molar-refractivity contribution in [1.82, 2.24) is 24.4 Å². The molecule has 62 heavy (non-hydrogen) atoms. The number of anilines is 1. The molecule has 5 amide bonds. The number of carbonyl (C=O) groups is 5. The maximum atomic E-state index is 13.8. The molecule has 4 N–H and O–H groups in total. The van der Waals surface area contributed by atoms with Crippen molar-refractivity contribution < 1.29 is 37.1 Å². The topological polar surface area (TPSA) is 193 Å². The van der Waals surface area contributed by atoms with E-state index in [0.717, 1.165) is 51.0 Å². The van der Waals surface area contributed by atoms with Gasteiger partial charge in [0.05, 0.1) is 34.5 Å². The summed E-state index contributed by atoms with van der Waals surface area (Å²) >= 11 is 5.28. The molecule has 15 nitrogen and oxygen atoms in total. The Kier molecular flexibility index (Phi) is 12.3. The van der Waals surface area contributed by atoms with Gasteiger partial charge >= 0.3 is 0 Å². The Balaban J connectivity index is 0.880. The highest BCUT2D eigenvalue weighted by atomic mass is 32.2. The Morgan fingerprint density at radius 1 is 0.903 bits per heavy atom. The Bertz CT molecular complexity index is 2580. The number of piperidine rings is 2. The van der Waals surface area contributed by atoms with Crippen LogP contribution in [0.15, 0.2) is 66.9 Å². The van der Waals surface area contributed by atoms with E-state index in [1.807, 2.05) is 35.2 Å². The number of benzene rings is 3. The summed E-state index contributed by atoms with van der Waals surface area (Å²) in [4.78, 5) is 67.5. The molecule has 3 fully saturated rings. The summed E-state index contributed by atoms with van der Waals surface area (Å²) in [5.74, 6) is -1.99. The molecule has 1 aromatic heterocycles. The molecule has 0 bridgehead atoms. The van der Waals surface area contributed by atoms with Gasteiger partial charge in [0.2, 0.25) is 27.7 Å². The number of nitrogens with two attached hydrogens (primary N) is 1. The minimum absolute atomic E-state index is 0.00544. The first-order valence-electron chi connectivity index (χ1n) is 21.3. The minimum atomic E-state index is -3.36. The van der Waals surface area contributed by atoms with E-state index in [1.54, 1.807) is 30.3 Å². The highest BCUT2D eigenvalue weighted by Crippen LogP contribution is 2.39. The standard InChI is InChI=1S/C45H51N7O8S2/c1-27(2)62(58,59)49-20-16-30(17-21-49)51-26-34(28-8-6-9-29(24-28)41(46)61)32-13-12-31(25-37(32)51)50-22-18-35(44(50)56)47-19-4-3-5-23-60-38-11-7-10-33-40(38)45(57)52(43(33)55)36-14-15-39(53)48-42(36)54/h6-13,24-27,30,35-36,47H,3-5,14-23H2,1-2H3,(H2,46,61)(H,48,53,54). The summed E-state index contributed by atoms with van der Waals surface area (Å²) < 4.78 is 35.8. The summed E-state index contributed by atoms with van der Waals surface area (Å²) in [7, 11) is -3.36. The number of thiocarbonyl (C=S) groups is 1. The van der Waals surface area contributed by atoms with Crippen LogP contribution in [-0.4, -0.2) is 107 Å². The second-order valence-electron chi connectivity index (χ2n) is 16.6. The van der Waals surface area contributed by atoms with Gasteiger partial charge in [-0.1, -0.05) is 42.5 Å². The third kappa shape index (κ3) is 8.25. The van der Waals surface area contributed by atoms with Crippen molar-refractivity contribution in [3.8, 4) is 16.9 Å². The van der Waals surface area contributed by atoms with Crippen LogP contribution in [0.1, 0.15) is 97.5 Å². The van der Waals surface area contributed by atoms with Gasteiger partial charge in [-0.3, -0.25) is 34.2 Å². The molecule has 0 spiro atoms. The lowest BCUT2D eigenvalue weighted by atomic mass is 10.0. The van der Waals surface area contributed by atoms with Crippen molar-refractivity contribution in [2.24, 2.45) is 5.73 Å². The van der Waals surface area contributed by atoms with Gasteiger partial charge in [-0.15, -0.1) is 0 Å². The van der Waals surface area contributed by atoms with Crippen molar-refractivity contribution >= 4 is 73.4 Å². The Hall–Kier alpha value is -5.49. The first-order chi connectivity index (χ1) is 29.7. The molecule has 4 aliphatic heterocycles. The predicted octanol–water partition coefficient (Wildman–Crippen LogP) is 4.66. The smallest absolute Gasteiger partial charge is 0.266 e. The number of imide groups is 2. The molecule has 17 heteroatoms. The van der Waals surface area contributed by atoms with Crippen molar-refractivity contribution in [1.29, 1.82) is 0 Å². The molecular formula is C45H51N7O8S2. The second-order valence-corrected chi connectivity index (χ2v) is 19.6. The first-order valence-corrected chi connectivity index (χ1v) is 23.2. The van der Waals surface area contributed by atoms with E-state index in [2.05, 4.69) is 33.5 Å². The number of carbonyl (C=O) groups excluding carboxylic acids is 5. The molecule has 3 saturated heterocycles. The normalized spacial score (nSPS) is 20.1.